The summed E-state index contributed by atoms with van der Waals surface area (Å²) in [7, 11) is 0. The van der Waals surface area contributed by atoms with Gasteiger partial charge in [0.1, 0.15) is 12.0 Å². The summed E-state index contributed by atoms with van der Waals surface area (Å²) in [5, 5.41) is 0. The van der Waals surface area contributed by atoms with Gasteiger partial charge in [-0.1, -0.05) is 87.4 Å². The molecule has 0 saturated heterocycles. The van der Waals surface area contributed by atoms with E-state index in [0.717, 1.165) is 24.0 Å². The number of carbonyl (C=O) groups is 1. The summed E-state index contributed by atoms with van der Waals surface area (Å²) >= 11 is 0. The van der Waals surface area contributed by atoms with Gasteiger partial charge in [0.25, 0.3) is 0 Å². The van der Waals surface area contributed by atoms with Crippen LogP contribution in [0, 0.1) is 24.7 Å². The minimum Gasteiger partial charge on any atom is -0.461 e. The van der Waals surface area contributed by atoms with E-state index in [0.29, 0.717) is 17.8 Å². The van der Waals surface area contributed by atoms with Gasteiger partial charge in [0.2, 0.25) is 0 Å². The Balaban J connectivity index is 1.87. The number of rotatable bonds is 5. The van der Waals surface area contributed by atoms with Crippen molar-refractivity contribution in [3.63, 3.8) is 0 Å². The molecular formula is C25H32O2. The molecular weight excluding hydrogens is 332 g/mol. The van der Waals surface area contributed by atoms with E-state index in [4.69, 9.17) is 4.74 Å². The fourth-order valence-electron chi connectivity index (χ4n) is 4.34. The highest BCUT2D eigenvalue weighted by Gasteiger charge is 2.35. The Labute approximate surface area is 164 Å². The Morgan fingerprint density at radius 3 is 2.22 bits per heavy atom. The minimum absolute atomic E-state index is 0.0258. The maximum atomic E-state index is 13.3. The molecule has 2 heteroatoms. The average molecular weight is 365 g/mol. The molecule has 0 amide bonds. The standard InChI is InChI=1S/C25H32O2/c1-17(2)22-15-12-19(4)16-23(22)27-25(26)24(20-8-6-5-7-9-20)21-13-10-18(3)11-14-21/h5-11,13-14,17,19,22-24H,12,15-16H2,1-4H3/t19-,22+,23-,24?/m1/s1. The van der Waals surface area contributed by atoms with Crippen LogP contribution in [0.1, 0.15) is 62.6 Å². The lowest BCUT2D eigenvalue weighted by Gasteiger charge is -2.37. The highest BCUT2D eigenvalue weighted by molar-refractivity contribution is 5.82. The van der Waals surface area contributed by atoms with Crippen LogP contribution in [0.5, 0.6) is 0 Å². The molecule has 1 unspecified atom stereocenters. The van der Waals surface area contributed by atoms with Crippen LogP contribution in [-0.2, 0) is 9.53 Å². The molecule has 0 radical (unpaired) electrons. The lowest BCUT2D eigenvalue weighted by atomic mass is 9.75. The molecule has 1 aliphatic carbocycles. The summed E-state index contributed by atoms with van der Waals surface area (Å²) in [6.07, 6.45) is 3.39. The number of hydrogen-bond acceptors (Lipinski definition) is 2. The van der Waals surface area contributed by atoms with Crippen LogP contribution in [0.4, 0.5) is 0 Å². The molecule has 0 N–H and O–H groups in total. The Kier molecular flexibility index (Phi) is 6.36. The molecule has 0 bridgehead atoms. The van der Waals surface area contributed by atoms with Crippen molar-refractivity contribution in [3.8, 4) is 0 Å². The van der Waals surface area contributed by atoms with Gasteiger partial charge in [0, 0.05) is 0 Å². The second-order valence-corrected chi connectivity index (χ2v) is 8.56. The zero-order chi connectivity index (χ0) is 19.4. The van der Waals surface area contributed by atoms with Crippen molar-refractivity contribution in [2.75, 3.05) is 0 Å². The fourth-order valence-corrected chi connectivity index (χ4v) is 4.34. The smallest absolute Gasteiger partial charge is 0.318 e. The fraction of sp³-hybridized carbons (Fsp3) is 0.480. The highest BCUT2D eigenvalue weighted by Crippen LogP contribution is 2.37. The summed E-state index contributed by atoms with van der Waals surface area (Å²) < 4.78 is 6.20. The van der Waals surface area contributed by atoms with Crippen LogP contribution >= 0.6 is 0 Å². The third-order valence-electron chi connectivity index (χ3n) is 6.01. The quantitative estimate of drug-likeness (QED) is 0.596. The van der Waals surface area contributed by atoms with Gasteiger partial charge in [-0.05, 0) is 48.6 Å². The Hall–Kier alpha value is -2.09. The second-order valence-electron chi connectivity index (χ2n) is 8.56. The summed E-state index contributed by atoms with van der Waals surface area (Å²) in [4.78, 5) is 13.3. The second kappa shape index (κ2) is 8.73. The Morgan fingerprint density at radius 1 is 0.963 bits per heavy atom. The number of ether oxygens (including phenoxy) is 1. The molecule has 144 valence electrons. The summed E-state index contributed by atoms with van der Waals surface area (Å²) in [6.45, 7) is 8.83. The van der Waals surface area contributed by atoms with Crippen LogP contribution < -0.4 is 0 Å². The number of carbonyl (C=O) groups excluding carboxylic acids is 1. The van der Waals surface area contributed by atoms with Crippen molar-refractivity contribution < 1.29 is 9.53 Å². The van der Waals surface area contributed by atoms with Crippen LogP contribution in [0.25, 0.3) is 0 Å². The molecule has 2 aromatic rings. The van der Waals surface area contributed by atoms with E-state index in [1.807, 2.05) is 30.3 Å². The van der Waals surface area contributed by atoms with E-state index >= 15 is 0 Å². The first-order chi connectivity index (χ1) is 13.0. The first-order valence-electron chi connectivity index (χ1n) is 10.3. The highest BCUT2D eigenvalue weighted by atomic mass is 16.5. The summed E-state index contributed by atoms with van der Waals surface area (Å²) in [6, 6.07) is 18.3. The van der Waals surface area contributed by atoms with E-state index in [2.05, 4.69) is 52.0 Å². The van der Waals surface area contributed by atoms with E-state index < -0.39 is 0 Å². The van der Waals surface area contributed by atoms with Crippen molar-refractivity contribution in [3.05, 3.63) is 71.3 Å². The maximum absolute atomic E-state index is 13.3. The van der Waals surface area contributed by atoms with Gasteiger partial charge >= 0.3 is 5.97 Å². The van der Waals surface area contributed by atoms with Gasteiger partial charge in [-0.25, -0.2) is 0 Å². The van der Waals surface area contributed by atoms with Crippen molar-refractivity contribution in [1.29, 1.82) is 0 Å². The van der Waals surface area contributed by atoms with Crippen LogP contribution in [0.15, 0.2) is 54.6 Å². The number of hydrogen-bond donors (Lipinski definition) is 0. The third-order valence-corrected chi connectivity index (χ3v) is 6.01. The van der Waals surface area contributed by atoms with E-state index in [1.165, 1.54) is 12.0 Å². The lowest BCUT2D eigenvalue weighted by molar-refractivity contribution is -0.156. The normalized spacial score (nSPS) is 23.8. The van der Waals surface area contributed by atoms with Crippen molar-refractivity contribution in [2.24, 2.45) is 17.8 Å². The van der Waals surface area contributed by atoms with Gasteiger partial charge in [0.05, 0.1) is 0 Å². The van der Waals surface area contributed by atoms with Gasteiger partial charge in [-0.15, -0.1) is 0 Å². The first kappa shape index (κ1) is 19.7. The molecule has 0 aliphatic heterocycles. The largest absolute Gasteiger partial charge is 0.461 e. The predicted octanol–water partition coefficient (Wildman–Crippen LogP) is 6.13. The molecule has 1 fully saturated rings. The molecule has 27 heavy (non-hydrogen) atoms. The zero-order valence-electron chi connectivity index (χ0n) is 17.0. The molecule has 1 saturated carbocycles. The SMILES string of the molecule is Cc1ccc(C(C(=O)O[C@@H]2C[C@H](C)CC[C@H]2C(C)C)c2ccccc2)cc1. The summed E-state index contributed by atoms with van der Waals surface area (Å²) in [5.74, 6) is 1.13. The van der Waals surface area contributed by atoms with Crippen LogP contribution in [0.2, 0.25) is 0 Å². The molecule has 2 aromatic carbocycles. The molecule has 2 nitrogen and oxygen atoms in total. The third kappa shape index (κ3) is 4.80. The molecule has 0 aromatic heterocycles. The van der Waals surface area contributed by atoms with E-state index in [1.54, 1.807) is 0 Å². The topological polar surface area (TPSA) is 26.3 Å². The van der Waals surface area contributed by atoms with Gasteiger partial charge in [0.15, 0.2) is 0 Å². The minimum atomic E-state index is -0.364. The summed E-state index contributed by atoms with van der Waals surface area (Å²) in [5.41, 5.74) is 3.19. The van der Waals surface area contributed by atoms with Gasteiger partial charge < -0.3 is 4.74 Å². The van der Waals surface area contributed by atoms with Crippen LogP contribution in [0.3, 0.4) is 0 Å². The molecule has 1 aliphatic rings. The first-order valence-corrected chi connectivity index (χ1v) is 10.3. The van der Waals surface area contributed by atoms with E-state index in [9.17, 15) is 4.79 Å². The molecule has 0 heterocycles. The van der Waals surface area contributed by atoms with E-state index in [-0.39, 0.29) is 18.0 Å². The van der Waals surface area contributed by atoms with Crippen molar-refractivity contribution in [1.82, 2.24) is 0 Å². The monoisotopic (exact) mass is 364 g/mol. The molecule has 4 atom stereocenters. The Morgan fingerprint density at radius 2 is 1.59 bits per heavy atom. The van der Waals surface area contributed by atoms with Gasteiger partial charge in [-0.3, -0.25) is 4.79 Å². The van der Waals surface area contributed by atoms with Crippen molar-refractivity contribution in [2.45, 2.75) is 59.0 Å². The van der Waals surface area contributed by atoms with Gasteiger partial charge in [-0.2, -0.15) is 0 Å². The number of benzene rings is 2. The van der Waals surface area contributed by atoms with Crippen molar-refractivity contribution >= 4 is 5.97 Å². The molecule has 3 rings (SSSR count). The predicted molar refractivity (Wildman–Crippen MR) is 111 cm³/mol. The lowest BCUT2D eigenvalue weighted by Crippen LogP contribution is -2.37. The average Bonchev–Trinajstić information content (AvgIpc) is 2.64. The zero-order valence-corrected chi connectivity index (χ0v) is 17.0. The number of esters is 1. The molecule has 0 spiro atoms. The number of aryl methyl sites for hydroxylation is 1. The Bertz CT molecular complexity index is 733. The van der Waals surface area contributed by atoms with Crippen LogP contribution in [-0.4, -0.2) is 12.1 Å². The maximum Gasteiger partial charge on any atom is 0.318 e.